The molecule has 0 saturated heterocycles. The van der Waals surface area contributed by atoms with Gasteiger partial charge in [-0.2, -0.15) is 5.26 Å². The van der Waals surface area contributed by atoms with E-state index in [-0.39, 0.29) is 5.57 Å². The number of aryl methyl sites for hydroxylation is 2. The maximum atomic E-state index is 12.7. The van der Waals surface area contributed by atoms with Gasteiger partial charge in [0, 0.05) is 27.2 Å². The first-order valence-electron chi connectivity index (χ1n) is 10.5. The van der Waals surface area contributed by atoms with Gasteiger partial charge in [0.2, 0.25) is 0 Å². The van der Waals surface area contributed by atoms with Gasteiger partial charge >= 0.3 is 0 Å². The molecule has 0 saturated carbocycles. The Morgan fingerprint density at radius 2 is 1.91 bits per heavy atom. The Balaban J connectivity index is 1.92. The second-order valence-electron chi connectivity index (χ2n) is 7.60. The lowest BCUT2D eigenvalue weighted by atomic mass is 10.0. The number of halogens is 2. The second-order valence-corrected chi connectivity index (χ2v) is 8.87. The topological polar surface area (TPSA) is 62.1 Å². The normalized spacial score (nSPS) is 11.1. The summed E-state index contributed by atoms with van der Waals surface area (Å²) in [6.07, 6.45) is 2.14. The fourth-order valence-electron chi connectivity index (χ4n) is 3.34. The number of amides is 1. The number of benzene rings is 3. The molecular formula is C27H24BrClN2O2. The van der Waals surface area contributed by atoms with E-state index in [0.29, 0.717) is 35.1 Å². The molecule has 3 rings (SSSR count). The average molecular weight is 524 g/mol. The van der Waals surface area contributed by atoms with Crippen molar-refractivity contribution in [1.82, 2.24) is 0 Å². The summed E-state index contributed by atoms with van der Waals surface area (Å²) < 4.78 is 6.69. The monoisotopic (exact) mass is 522 g/mol. The van der Waals surface area contributed by atoms with Crippen molar-refractivity contribution >= 4 is 45.2 Å². The molecule has 3 aromatic rings. The summed E-state index contributed by atoms with van der Waals surface area (Å²) in [7, 11) is 0. The maximum Gasteiger partial charge on any atom is 0.266 e. The summed E-state index contributed by atoms with van der Waals surface area (Å²) in [5.74, 6) is 0.208. The Bertz CT molecular complexity index is 1260. The van der Waals surface area contributed by atoms with E-state index in [1.165, 1.54) is 0 Å². The third-order valence-electron chi connectivity index (χ3n) is 5.24. The van der Waals surface area contributed by atoms with Gasteiger partial charge < -0.3 is 10.1 Å². The largest absolute Gasteiger partial charge is 0.494 e. The molecule has 0 radical (unpaired) electrons. The molecule has 0 aliphatic carbocycles. The Labute approximate surface area is 208 Å². The van der Waals surface area contributed by atoms with Gasteiger partial charge in [0.25, 0.3) is 5.91 Å². The van der Waals surface area contributed by atoms with Crippen molar-refractivity contribution in [2.75, 3.05) is 11.9 Å². The van der Waals surface area contributed by atoms with Crippen LogP contribution in [0.3, 0.4) is 0 Å². The summed E-state index contributed by atoms with van der Waals surface area (Å²) in [5, 5.41) is 13.1. The molecule has 0 aliphatic heterocycles. The minimum Gasteiger partial charge on any atom is -0.494 e. The molecule has 0 atom stereocenters. The highest BCUT2D eigenvalue weighted by atomic mass is 79.9. The van der Waals surface area contributed by atoms with Crippen LogP contribution >= 0.6 is 27.5 Å². The van der Waals surface area contributed by atoms with Crippen molar-refractivity contribution in [3.05, 3.63) is 97.5 Å². The first-order chi connectivity index (χ1) is 15.8. The zero-order valence-corrected chi connectivity index (χ0v) is 21.0. The number of carbonyl (C=O) groups excluding carboxylic acids is 1. The van der Waals surface area contributed by atoms with Crippen LogP contribution in [0.15, 0.2) is 64.6 Å². The van der Waals surface area contributed by atoms with Gasteiger partial charge in [-0.3, -0.25) is 4.79 Å². The fraction of sp³-hybridized carbons (Fsp3) is 0.185. The minimum absolute atomic E-state index is 0.00132. The van der Waals surface area contributed by atoms with Crippen LogP contribution in [-0.2, 0) is 11.2 Å². The molecule has 168 valence electrons. The van der Waals surface area contributed by atoms with E-state index in [0.717, 1.165) is 26.7 Å². The molecule has 3 aromatic carbocycles. The average Bonchev–Trinajstić information content (AvgIpc) is 2.78. The summed E-state index contributed by atoms with van der Waals surface area (Å²) >= 11 is 9.98. The summed E-state index contributed by atoms with van der Waals surface area (Å²) in [6, 6.07) is 19.0. The molecule has 0 spiro atoms. The van der Waals surface area contributed by atoms with E-state index >= 15 is 0 Å². The molecule has 1 N–H and O–H groups in total. The van der Waals surface area contributed by atoms with Gasteiger partial charge in [0.1, 0.15) is 17.4 Å². The highest BCUT2D eigenvalue weighted by Crippen LogP contribution is 2.33. The molecule has 0 aromatic heterocycles. The predicted molar refractivity (Wildman–Crippen MR) is 138 cm³/mol. The van der Waals surface area contributed by atoms with Crippen molar-refractivity contribution in [2.45, 2.75) is 27.2 Å². The quantitative estimate of drug-likeness (QED) is 0.262. The number of hydrogen-bond donors (Lipinski definition) is 1. The molecular weight excluding hydrogens is 500 g/mol. The summed E-state index contributed by atoms with van der Waals surface area (Å²) in [6.45, 7) is 6.37. The van der Waals surface area contributed by atoms with Crippen LogP contribution < -0.4 is 10.1 Å². The minimum atomic E-state index is -0.463. The second kappa shape index (κ2) is 11.2. The van der Waals surface area contributed by atoms with Crippen LogP contribution in [0.1, 0.15) is 34.7 Å². The number of hydrogen-bond acceptors (Lipinski definition) is 3. The van der Waals surface area contributed by atoms with Crippen LogP contribution in [0.2, 0.25) is 5.02 Å². The Morgan fingerprint density at radius 3 is 2.58 bits per heavy atom. The molecule has 0 heterocycles. The van der Waals surface area contributed by atoms with E-state index in [1.54, 1.807) is 6.08 Å². The SMILES string of the molecule is CCOc1cc(/C=C(\C#N)C(=O)Nc2ccc(C)c(C)c2)cc(Br)c1Cc1ccccc1Cl. The summed E-state index contributed by atoms with van der Waals surface area (Å²) in [4.78, 5) is 12.7. The molecule has 1 amide bonds. The molecule has 6 heteroatoms. The first-order valence-corrected chi connectivity index (χ1v) is 11.7. The maximum absolute atomic E-state index is 12.7. The van der Waals surface area contributed by atoms with Gasteiger partial charge in [-0.05, 0) is 79.4 Å². The number of nitriles is 1. The van der Waals surface area contributed by atoms with Crippen molar-refractivity contribution in [1.29, 1.82) is 5.26 Å². The van der Waals surface area contributed by atoms with Crippen molar-refractivity contribution in [2.24, 2.45) is 0 Å². The van der Waals surface area contributed by atoms with Gasteiger partial charge in [-0.1, -0.05) is 51.8 Å². The zero-order valence-electron chi connectivity index (χ0n) is 18.7. The highest BCUT2D eigenvalue weighted by molar-refractivity contribution is 9.10. The van der Waals surface area contributed by atoms with E-state index < -0.39 is 5.91 Å². The fourth-order valence-corrected chi connectivity index (χ4v) is 4.14. The van der Waals surface area contributed by atoms with E-state index in [1.807, 2.05) is 81.4 Å². The molecule has 0 bridgehead atoms. The Kier molecular flexibility index (Phi) is 8.32. The van der Waals surface area contributed by atoms with Crippen LogP contribution in [-0.4, -0.2) is 12.5 Å². The van der Waals surface area contributed by atoms with Gasteiger partial charge in [0.15, 0.2) is 0 Å². The zero-order chi connectivity index (χ0) is 24.0. The predicted octanol–water partition coefficient (Wildman–Crippen LogP) is 7.25. The van der Waals surface area contributed by atoms with Crippen LogP contribution in [0.5, 0.6) is 5.75 Å². The molecule has 0 aliphatic rings. The third-order valence-corrected chi connectivity index (χ3v) is 6.32. The summed E-state index contributed by atoms with van der Waals surface area (Å²) in [5.41, 5.74) is 5.45. The van der Waals surface area contributed by atoms with Gasteiger partial charge in [0.05, 0.1) is 6.61 Å². The number of nitrogens with zero attached hydrogens (tertiary/aromatic N) is 1. The van der Waals surface area contributed by atoms with Crippen molar-refractivity contribution in [3.8, 4) is 11.8 Å². The van der Waals surface area contributed by atoms with E-state index in [9.17, 15) is 10.1 Å². The van der Waals surface area contributed by atoms with Crippen molar-refractivity contribution in [3.63, 3.8) is 0 Å². The number of carbonyl (C=O) groups is 1. The van der Waals surface area contributed by atoms with Crippen LogP contribution in [0, 0.1) is 25.2 Å². The third kappa shape index (κ3) is 6.25. The Morgan fingerprint density at radius 1 is 1.15 bits per heavy atom. The lowest BCUT2D eigenvalue weighted by Gasteiger charge is -2.15. The molecule has 4 nitrogen and oxygen atoms in total. The number of anilines is 1. The van der Waals surface area contributed by atoms with Gasteiger partial charge in [-0.25, -0.2) is 0 Å². The molecule has 0 fully saturated rings. The van der Waals surface area contributed by atoms with Crippen LogP contribution in [0.4, 0.5) is 5.69 Å². The number of rotatable bonds is 7. The molecule has 0 unspecified atom stereocenters. The van der Waals surface area contributed by atoms with E-state index in [4.69, 9.17) is 16.3 Å². The standard InChI is InChI=1S/C27H24BrClN2O2/c1-4-33-26-14-19(13-24(28)23(26)15-20-7-5-6-8-25(20)29)12-21(16-30)27(32)31-22-10-9-17(2)18(3)11-22/h5-14H,4,15H2,1-3H3,(H,31,32)/b21-12+. The van der Waals surface area contributed by atoms with Crippen molar-refractivity contribution < 1.29 is 9.53 Å². The van der Waals surface area contributed by atoms with Gasteiger partial charge in [-0.15, -0.1) is 0 Å². The lowest BCUT2D eigenvalue weighted by molar-refractivity contribution is -0.112. The Hall–Kier alpha value is -3.07. The first kappa shape index (κ1) is 24.6. The number of ether oxygens (including phenoxy) is 1. The lowest BCUT2D eigenvalue weighted by Crippen LogP contribution is -2.13. The van der Waals surface area contributed by atoms with Crippen LogP contribution in [0.25, 0.3) is 6.08 Å². The number of nitrogens with one attached hydrogen (secondary N) is 1. The molecule has 33 heavy (non-hydrogen) atoms. The van der Waals surface area contributed by atoms with E-state index in [2.05, 4.69) is 21.2 Å². The highest BCUT2D eigenvalue weighted by Gasteiger charge is 2.15. The smallest absolute Gasteiger partial charge is 0.266 e.